The first-order chi connectivity index (χ1) is 24.8. The molecule has 1 amide bonds. The summed E-state index contributed by atoms with van der Waals surface area (Å²) in [7, 11) is 9.64. The van der Waals surface area contributed by atoms with Crippen LogP contribution < -0.4 is 10.8 Å². The Labute approximate surface area is 315 Å². The molecule has 4 rings (SSSR count). The Morgan fingerprint density at radius 3 is 1.83 bits per heavy atom. The highest BCUT2D eigenvalue weighted by Gasteiger charge is 2.67. The number of rotatable bonds is 17. The van der Waals surface area contributed by atoms with Crippen molar-refractivity contribution in [3.05, 3.63) is 46.2 Å². The number of carbonyl (C=O) groups excluding carboxylic acids is 3. The fraction of sp³-hybridized carbons (Fsp3) is 0.683. The third-order valence-corrected chi connectivity index (χ3v) is 11.2. The maximum atomic E-state index is 13.6. The van der Waals surface area contributed by atoms with Gasteiger partial charge in [0.2, 0.25) is 0 Å². The lowest BCUT2D eigenvalue weighted by Crippen LogP contribution is -2.73. The number of benzene rings is 1. The monoisotopic (exact) mass is 743 g/mol. The van der Waals surface area contributed by atoms with Crippen LogP contribution in [0.1, 0.15) is 115 Å². The lowest BCUT2D eigenvalue weighted by Gasteiger charge is -2.57. The van der Waals surface area contributed by atoms with E-state index in [9.17, 15) is 45.0 Å². The fourth-order valence-electron chi connectivity index (χ4n) is 8.36. The SMILES string of the molecule is CCCCCCCCCCCCCCCC[N+](C)(C)C.CN(C)[C@@H]1C(=O)C(C(N)=O)=C([O-])[C@@]2(O)C(=O)C3=C(O)c4c(O)cccc4[C@@](C)(O)[C@H]3[C@H](O)[C@@H]12. The Bertz CT molecular complexity index is 1530. The average molecular weight is 744 g/mol. The molecule has 1 fully saturated rings. The van der Waals surface area contributed by atoms with E-state index in [4.69, 9.17) is 5.73 Å². The van der Waals surface area contributed by atoms with E-state index in [-0.39, 0.29) is 11.1 Å². The number of nitrogens with two attached hydrogens (primary N) is 1. The van der Waals surface area contributed by atoms with Crippen LogP contribution in [-0.2, 0) is 20.0 Å². The number of aliphatic hydroxyl groups is 4. The highest BCUT2D eigenvalue weighted by atomic mass is 16.4. The second-order valence-electron chi connectivity index (χ2n) is 16.7. The van der Waals surface area contributed by atoms with Gasteiger partial charge in [0.25, 0.3) is 5.91 Å². The zero-order valence-corrected chi connectivity index (χ0v) is 33.0. The van der Waals surface area contributed by atoms with Crippen LogP contribution in [0.4, 0.5) is 0 Å². The number of primary amides is 1. The van der Waals surface area contributed by atoms with Gasteiger partial charge >= 0.3 is 0 Å². The van der Waals surface area contributed by atoms with Crippen molar-refractivity contribution in [2.45, 2.75) is 127 Å². The number of phenols is 1. The highest BCUT2D eigenvalue weighted by molar-refractivity contribution is 6.24. The van der Waals surface area contributed by atoms with Gasteiger partial charge in [0.05, 0.1) is 62.5 Å². The summed E-state index contributed by atoms with van der Waals surface area (Å²) < 4.78 is 1.12. The molecule has 0 bridgehead atoms. The lowest BCUT2D eigenvalue weighted by atomic mass is 9.53. The van der Waals surface area contributed by atoms with E-state index in [1.165, 1.54) is 141 Å². The summed E-state index contributed by atoms with van der Waals surface area (Å²) in [4.78, 5) is 39.8. The molecule has 3 aliphatic carbocycles. The molecule has 7 N–H and O–H groups in total. The normalized spacial score (nSPS) is 26.9. The minimum Gasteiger partial charge on any atom is -0.873 e. The Kier molecular flexibility index (Phi) is 15.3. The number of fused-ring (bicyclic) bond motifs is 3. The Morgan fingerprint density at radius 2 is 1.38 bits per heavy atom. The molecule has 3 aliphatic rings. The summed E-state index contributed by atoms with van der Waals surface area (Å²) in [6.07, 6.45) is 18.5. The van der Waals surface area contributed by atoms with Gasteiger partial charge in [0.15, 0.2) is 11.6 Å². The summed E-state index contributed by atoms with van der Waals surface area (Å²) >= 11 is 0. The van der Waals surface area contributed by atoms with Gasteiger partial charge in [-0.1, -0.05) is 102 Å². The molecule has 298 valence electrons. The van der Waals surface area contributed by atoms with Crippen molar-refractivity contribution in [1.82, 2.24) is 4.90 Å². The van der Waals surface area contributed by atoms with Gasteiger partial charge < -0.3 is 40.9 Å². The molecule has 0 unspecified atom stereocenters. The first kappa shape index (κ1) is 44.1. The van der Waals surface area contributed by atoms with Gasteiger partial charge in [-0.2, -0.15) is 0 Å². The van der Waals surface area contributed by atoms with Crippen molar-refractivity contribution >= 4 is 23.2 Å². The van der Waals surface area contributed by atoms with Gasteiger partial charge in [-0.25, -0.2) is 0 Å². The molecule has 0 saturated heterocycles. The third kappa shape index (κ3) is 9.51. The maximum absolute atomic E-state index is 13.6. The number of amides is 1. The Morgan fingerprint density at radius 1 is 0.887 bits per heavy atom. The van der Waals surface area contributed by atoms with Gasteiger partial charge in [0.1, 0.15) is 17.1 Å². The molecule has 0 heterocycles. The molecule has 12 heteroatoms. The van der Waals surface area contributed by atoms with Crippen LogP contribution >= 0.6 is 0 Å². The predicted molar refractivity (Wildman–Crippen MR) is 202 cm³/mol. The number of hydrogen-bond donors (Lipinski definition) is 6. The van der Waals surface area contributed by atoms with E-state index in [1.807, 2.05) is 0 Å². The van der Waals surface area contributed by atoms with Crippen molar-refractivity contribution in [3.63, 3.8) is 0 Å². The number of aromatic hydroxyl groups is 1. The van der Waals surface area contributed by atoms with Crippen molar-refractivity contribution in [1.29, 1.82) is 0 Å². The Hall–Kier alpha value is -3.29. The molecular weight excluding hydrogens is 678 g/mol. The molecule has 0 aliphatic heterocycles. The summed E-state index contributed by atoms with van der Waals surface area (Å²) in [6, 6.07) is 2.43. The second-order valence-corrected chi connectivity index (χ2v) is 16.7. The number of likely N-dealkylation sites (N-methyl/N-ethyl adjacent to an activating group) is 1. The first-order valence-electron chi connectivity index (χ1n) is 19.4. The standard InChI is InChI=1S/C22H24N2O9.C19H42N/c1-21(32)7-5-4-6-8(25)9(7)15(26)10-12(21)17(28)13-14(24(2)3)16(27)11(20(23)31)19(30)22(13,33)18(10)29;1-5-6-7-8-9-10-11-12-13-14-15-16-17-18-19-20(2,3)4/h4-6,12-14,17,25-26,28,30,32-33H,1-3H3,(H2,23,31);5-19H2,1-4H3/q;+1/p-1/t12-,13-,14+,17+,21-,22+;/m1./s1. The zero-order valence-electron chi connectivity index (χ0n) is 33.0. The first-order valence-corrected chi connectivity index (χ1v) is 19.4. The van der Waals surface area contributed by atoms with Gasteiger partial charge in [-0.3, -0.25) is 19.3 Å². The molecule has 1 aromatic rings. The molecule has 0 radical (unpaired) electrons. The quantitative estimate of drug-likeness (QED) is 0.0778. The molecular formula is C41H65N3O9. The summed E-state index contributed by atoms with van der Waals surface area (Å²) in [5.74, 6) is -10.2. The number of hydrogen-bond acceptors (Lipinski definition) is 10. The topological polar surface area (TPSA) is 205 Å². The molecule has 0 spiro atoms. The molecule has 1 aromatic carbocycles. The number of Topliss-reactive ketones (excluding diaryl/α,β-unsaturated/α-hetero) is 2. The van der Waals surface area contributed by atoms with E-state index >= 15 is 0 Å². The molecule has 0 aromatic heterocycles. The molecule has 53 heavy (non-hydrogen) atoms. The zero-order chi connectivity index (χ0) is 39.9. The number of nitrogens with zero attached hydrogens (tertiary/aromatic N) is 2. The number of ketones is 2. The number of quaternary nitrogens is 1. The van der Waals surface area contributed by atoms with Crippen molar-refractivity contribution in [2.75, 3.05) is 41.8 Å². The molecule has 1 saturated carbocycles. The Balaban J connectivity index is 0.000000327. The minimum atomic E-state index is -3.13. The molecule has 12 nitrogen and oxygen atoms in total. The van der Waals surface area contributed by atoms with Gasteiger partial charge in [0, 0.05) is 11.5 Å². The lowest BCUT2D eigenvalue weighted by molar-refractivity contribution is -0.870. The van der Waals surface area contributed by atoms with Gasteiger partial charge in [-0.15, -0.1) is 0 Å². The highest BCUT2D eigenvalue weighted by Crippen LogP contribution is 2.57. The van der Waals surface area contributed by atoms with E-state index in [2.05, 4.69) is 28.1 Å². The number of aliphatic hydroxyl groups excluding tert-OH is 2. The van der Waals surface area contributed by atoms with Crippen LogP contribution in [0, 0.1) is 11.8 Å². The van der Waals surface area contributed by atoms with E-state index < -0.39 is 81.1 Å². The van der Waals surface area contributed by atoms with Crippen LogP contribution in [0.25, 0.3) is 5.76 Å². The summed E-state index contributed by atoms with van der Waals surface area (Å²) in [5.41, 5.74) is -2.13. The minimum absolute atomic E-state index is 0.00899. The van der Waals surface area contributed by atoms with Crippen LogP contribution in [0.2, 0.25) is 0 Å². The van der Waals surface area contributed by atoms with Crippen LogP contribution in [0.5, 0.6) is 5.75 Å². The second kappa shape index (κ2) is 18.4. The van der Waals surface area contributed by atoms with Crippen molar-refractivity contribution in [3.8, 4) is 5.75 Å². The molecule has 6 atom stereocenters. The maximum Gasteiger partial charge on any atom is 0.251 e. The number of carbonyl (C=O) groups is 3. The van der Waals surface area contributed by atoms with E-state index in [0.717, 1.165) is 4.48 Å². The average Bonchev–Trinajstić information content (AvgIpc) is 3.06. The van der Waals surface area contributed by atoms with E-state index in [1.54, 1.807) is 0 Å². The van der Waals surface area contributed by atoms with Crippen LogP contribution in [0.15, 0.2) is 35.1 Å². The summed E-state index contributed by atoms with van der Waals surface area (Å²) in [5, 5.41) is 68.6. The third-order valence-electron chi connectivity index (χ3n) is 11.2. The van der Waals surface area contributed by atoms with Crippen LogP contribution in [0.3, 0.4) is 0 Å². The van der Waals surface area contributed by atoms with Crippen molar-refractivity contribution < 1.29 is 49.5 Å². The van der Waals surface area contributed by atoms with Crippen LogP contribution in [-0.4, -0.2) is 112 Å². The smallest absolute Gasteiger partial charge is 0.251 e. The fourth-order valence-corrected chi connectivity index (χ4v) is 8.36. The number of phenolic OH excluding ortho intramolecular Hbond substituents is 1. The van der Waals surface area contributed by atoms with Gasteiger partial charge in [-0.05, 0) is 45.5 Å². The predicted octanol–water partition coefficient (Wildman–Crippen LogP) is 3.58. The largest absolute Gasteiger partial charge is 0.873 e. The summed E-state index contributed by atoms with van der Waals surface area (Å²) in [6.45, 7) is 4.86. The van der Waals surface area contributed by atoms with Crippen molar-refractivity contribution in [2.24, 2.45) is 17.6 Å². The number of unbranched alkanes of at least 4 members (excludes halogenated alkanes) is 13. The van der Waals surface area contributed by atoms with E-state index in [0.29, 0.717) is 0 Å².